The number of benzene rings is 2. The number of aliphatic hydroxyl groups is 1. The molecule has 41 heavy (non-hydrogen) atoms. The van der Waals surface area contributed by atoms with E-state index in [1.807, 2.05) is 20.8 Å². The van der Waals surface area contributed by atoms with Gasteiger partial charge in [-0.1, -0.05) is 56.1 Å². The Hall–Kier alpha value is -2.30. The summed E-state index contributed by atoms with van der Waals surface area (Å²) in [6.45, 7) is 8.42. The molecule has 3 heterocycles. The van der Waals surface area contributed by atoms with E-state index in [0.717, 1.165) is 13.1 Å². The summed E-state index contributed by atoms with van der Waals surface area (Å²) in [6.07, 6.45) is 1.50. The van der Waals surface area contributed by atoms with Crippen LogP contribution in [0.4, 0.5) is 14.5 Å². The fourth-order valence-corrected chi connectivity index (χ4v) is 7.10. The van der Waals surface area contributed by atoms with Gasteiger partial charge in [0.1, 0.15) is 17.0 Å². The van der Waals surface area contributed by atoms with Gasteiger partial charge in [0.15, 0.2) is 0 Å². The lowest BCUT2D eigenvalue weighted by Crippen LogP contribution is -2.49. The van der Waals surface area contributed by atoms with Crippen LogP contribution in [-0.4, -0.2) is 66.2 Å². The number of amides is 2. The Labute approximate surface area is 249 Å². The van der Waals surface area contributed by atoms with Crippen LogP contribution in [0.1, 0.15) is 57.1 Å². The zero-order valence-electron chi connectivity index (χ0n) is 23.4. The first-order chi connectivity index (χ1) is 19.3. The standard InChI is InChI=1S/C30H36Cl2F2N4O3/c1-29(2,3)15-23-30(18-13-21(33)20(32)14-22(18)36-28(30)41)24(17-5-4-6-19(31)25(17)34)26(37-23)27(40)35-9-12-38-10-7-16(39)8-11-38/h4-6,13-14,16,23-24,26,37,39H,7-12,15H2,1-3H3,(H,35,40)(H,36,41)/t23-,24+,26-,30+/m1/s1. The summed E-state index contributed by atoms with van der Waals surface area (Å²) in [7, 11) is 0. The number of rotatable bonds is 6. The van der Waals surface area contributed by atoms with Crippen molar-refractivity contribution in [3.05, 3.63) is 63.1 Å². The molecule has 2 aromatic carbocycles. The Bertz CT molecular complexity index is 1350. The highest BCUT2D eigenvalue weighted by Crippen LogP contribution is 2.57. The third kappa shape index (κ3) is 5.59. The highest BCUT2D eigenvalue weighted by Gasteiger charge is 2.66. The van der Waals surface area contributed by atoms with E-state index in [0.29, 0.717) is 43.6 Å². The maximum Gasteiger partial charge on any atom is 0.237 e. The fraction of sp³-hybridized carbons (Fsp3) is 0.533. The number of likely N-dealkylation sites (tertiary alicyclic amines) is 1. The van der Waals surface area contributed by atoms with E-state index in [-0.39, 0.29) is 27.1 Å². The van der Waals surface area contributed by atoms with Crippen molar-refractivity contribution in [2.75, 3.05) is 31.5 Å². The lowest BCUT2D eigenvalue weighted by atomic mass is 9.62. The van der Waals surface area contributed by atoms with Crippen LogP contribution in [0.5, 0.6) is 0 Å². The third-order valence-electron chi connectivity index (χ3n) is 8.58. The van der Waals surface area contributed by atoms with Crippen molar-refractivity contribution >= 4 is 40.7 Å². The van der Waals surface area contributed by atoms with Crippen LogP contribution in [0, 0.1) is 17.0 Å². The van der Waals surface area contributed by atoms with Gasteiger partial charge in [0, 0.05) is 43.8 Å². The Morgan fingerprint density at radius 2 is 1.88 bits per heavy atom. The minimum atomic E-state index is -1.52. The average Bonchev–Trinajstić information content (AvgIpc) is 3.36. The molecule has 1 spiro atoms. The predicted octanol–water partition coefficient (Wildman–Crippen LogP) is 4.59. The normalized spacial score (nSPS) is 26.8. The van der Waals surface area contributed by atoms with Crippen LogP contribution in [0.25, 0.3) is 0 Å². The van der Waals surface area contributed by atoms with Crippen LogP contribution in [0.15, 0.2) is 30.3 Å². The van der Waals surface area contributed by atoms with Crippen molar-refractivity contribution in [1.82, 2.24) is 15.5 Å². The zero-order chi connectivity index (χ0) is 29.7. The van der Waals surface area contributed by atoms with Gasteiger partial charge in [0.25, 0.3) is 0 Å². The molecule has 2 aromatic rings. The maximum absolute atomic E-state index is 15.8. The summed E-state index contributed by atoms with van der Waals surface area (Å²) in [5.41, 5.74) is -1.06. The van der Waals surface area contributed by atoms with E-state index in [1.54, 1.807) is 6.07 Å². The number of nitrogens with zero attached hydrogens (tertiary/aromatic N) is 1. The number of hydrogen-bond donors (Lipinski definition) is 4. The molecular weight excluding hydrogens is 573 g/mol. The van der Waals surface area contributed by atoms with E-state index < -0.39 is 46.9 Å². The first-order valence-electron chi connectivity index (χ1n) is 14.0. The summed E-state index contributed by atoms with van der Waals surface area (Å²) in [4.78, 5) is 30.2. The summed E-state index contributed by atoms with van der Waals surface area (Å²) in [5, 5.41) is 18.7. The molecule has 0 aliphatic carbocycles. The molecule has 7 nitrogen and oxygen atoms in total. The monoisotopic (exact) mass is 608 g/mol. The molecule has 2 fully saturated rings. The Morgan fingerprint density at radius 3 is 2.56 bits per heavy atom. The number of nitrogens with one attached hydrogen (secondary N) is 3. The third-order valence-corrected chi connectivity index (χ3v) is 9.17. The summed E-state index contributed by atoms with van der Waals surface area (Å²) >= 11 is 12.3. The molecule has 3 aliphatic heterocycles. The van der Waals surface area contributed by atoms with Crippen LogP contribution in [-0.2, 0) is 15.0 Å². The van der Waals surface area contributed by atoms with E-state index in [2.05, 4.69) is 20.9 Å². The molecule has 4 N–H and O–H groups in total. The quantitative estimate of drug-likeness (QED) is 0.385. The van der Waals surface area contributed by atoms with Crippen molar-refractivity contribution in [2.45, 2.75) is 69.6 Å². The minimum Gasteiger partial charge on any atom is -0.393 e. The number of anilines is 1. The second-order valence-electron chi connectivity index (χ2n) is 12.6. The van der Waals surface area contributed by atoms with Crippen molar-refractivity contribution in [1.29, 1.82) is 0 Å². The maximum atomic E-state index is 15.8. The van der Waals surface area contributed by atoms with Crippen LogP contribution in [0.2, 0.25) is 10.0 Å². The largest absolute Gasteiger partial charge is 0.393 e. The van der Waals surface area contributed by atoms with Gasteiger partial charge in [0.05, 0.1) is 22.2 Å². The lowest BCUT2D eigenvalue weighted by molar-refractivity contribution is -0.124. The van der Waals surface area contributed by atoms with Crippen LogP contribution < -0.4 is 16.0 Å². The highest BCUT2D eigenvalue weighted by molar-refractivity contribution is 6.31. The van der Waals surface area contributed by atoms with Gasteiger partial charge in [-0.2, -0.15) is 0 Å². The van der Waals surface area contributed by atoms with Gasteiger partial charge >= 0.3 is 0 Å². The first kappa shape index (κ1) is 30.2. The SMILES string of the molecule is CC(C)(C)C[C@H]1N[C@@H](C(=O)NCCN2CCC(O)CC2)[C@H](c2cccc(Cl)c2F)[C@@]12C(=O)Nc1cc(Cl)c(F)cc12. The topological polar surface area (TPSA) is 93.7 Å². The zero-order valence-corrected chi connectivity index (χ0v) is 24.9. The second kappa shape index (κ2) is 11.4. The predicted molar refractivity (Wildman–Crippen MR) is 155 cm³/mol. The molecule has 3 aliphatic rings. The van der Waals surface area contributed by atoms with Crippen molar-refractivity contribution < 1.29 is 23.5 Å². The number of fused-ring (bicyclic) bond motifs is 2. The molecule has 0 saturated carbocycles. The molecule has 11 heteroatoms. The number of aliphatic hydroxyl groups excluding tert-OH is 1. The van der Waals surface area contributed by atoms with E-state index in [9.17, 15) is 14.7 Å². The minimum absolute atomic E-state index is 0.102. The molecule has 4 atom stereocenters. The van der Waals surface area contributed by atoms with Gasteiger partial charge in [-0.15, -0.1) is 0 Å². The van der Waals surface area contributed by atoms with Crippen LogP contribution >= 0.6 is 23.2 Å². The Balaban J connectivity index is 1.58. The Kier molecular flexibility index (Phi) is 8.40. The molecule has 2 saturated heterocycles. The Morgan fingerprint density at radius 1 is 1.17 bits per heavy atom. The van der Waals surface area contributed by atoms with E-state index in [4.69, 9.17) is 23.2 Å². The van der Waals surface area contributed by atoms with Crippen molar-refractivity contribution in [3.63, 3.8) is 0 Å². The first-order valence-corrected chi connectivity index (χ1v) is 14.8. The van der Waals surface area contributed by atoms with Crippen LogP contribution in [0.3, 0.4) is 0 Å². The van der Waals surface area contributed by atoms with Gasteiger partial charge < -0.3 is 26.0 Å². The highest BCUT2D eigenvalue weighted by atomic mass is 35.5. The van der Waals surface area contributed by atoms with Gasteiger partial charge in [-0.25, -0.2) is 8.78 Å². The van der Waals surface area contributed by atoms with Crippen molar-refractivity contribution in [2.24, 2.45) is 5.41 Å². The van der Waals surface area contributed by atoms with E-state index in [1.165, 1.54) is 24.3 Å². The van der Waals surface area contributed by atoms with Crippen molar-refractivity contribution in [3.8, 4) is 0 Å². The van der Waals surface area contributed by atoms with Gasteiger partial charge in [-0.3, -0.25) is 9.59 Å². The molecule has 2 amide bonds. The average molecular weight is 610 g/mol. The summed E-state index contributed by atoms with van der Waals surface area (Å²) in [6, 6.07) is 5.46. The smallest absolute Gasteiger partial charge is 0.237 e. The number of carbonyl (C=O) groups is 2. The molecule has 0 bridgehead atoms. The van der Waals surface area contributed by atoms with E-state index >= 15 is 8.78 Å². The number of piperidine rings is 1. The fourth-order valence-electron chi connectivity index (χ4n) is 6.75. The molecular formula is C30H36Cl2F2N4O3. The molecule has 222 valence electrons. The number of hydrogen-bond acceptors (Lipinski definition) is 5. The molecule has 0 radical (unpaired) electrons. The molecule has 0 aromatic heterocycles. The summed E-state index contributed by atoms with van der Waals surface area (Å²) < 4.78 is 30.8. The van der Waals surface area contributed by atoms with Gasteiger partial charge in [-0.05, 0) is 54.0 Å². The molecule has 0 unspecified atom stereocenters. The lowest BCUT2D eigenvalue weighted by Gasteiger charge is -2.37. The molecule has 5 rings (SSSR count). The summed E-state index contributed by atoms with van der Waals surface area (Å²) in [5.74, 6) is -3.32. The second-order valence-corrected chi connectivity index (χ2v) is 13.4. The van der Waals surface area contributed by atoms with Gasteiger partial charge in [0.2, 0.25) is 11.8 Å². The number of carbonyl (C=O) groups excluding carboxylic acids is 2. The number of halogens is 4.